The molecule has 1 aliphatic carbocycles. The van der Waals surface area contributed by atoms with Crippen molar-refractivity contribution in [1.82, 2.24) is 30.5 Å². The van der Waals surface area contributed by atoms with E-state index in [2.05, 4.69) is 26.3 Å². The van der Waals surface area contributed by atoms with Crippen molar-refractivity contribution < 1.29 is 37.5 Å². The van der Waals surface area contributed by atoms with Gasteiger partial charge in [-0.15, -0.1) is 5.10 Å². The maximum Gasteiger partial charge on any atom is 0.319 e. The first-order chi connectivity index (χ1) is 25.5. The van der Waals surface area contributed by atoms with Crippen LogP contribution in [-0.4, -0.2) is 98.6 Å². The number of nitrogens with two attached hydrogens (primary N) is 1. The molecular weight excluding hydrogens is 717 g/mol. The van der Waals surface area contributed by atoms with Crippen LogP contribution in [0.4, 0.5) is 10.5 Å². The lowest BCUT2D eigenvalue weighted by Gasteiger charge is -2.37. The van der Waals surface area contributed by atoms with Crippen molar-refractivity contribution in [3.05, 3.63) is 54.4 Å². The van der Waals surface area contributed by atoms with Gasteiger partial charge in [0.1, 0.15) is 23.2 Å². The van der Waals surface area contributed by atoms with Gasteiger partial charge in [-0.25, -0.2) is 17.9 Å². The summed E-state index contributed by atoms with van der Waals surface area (Å²) in [6, 6.07) is 9.62. The Labute approximate surface area is 313 Å². The molecule has 0 spiro atoms. The van der Waals surface area contributed by atoms with Gasteiger partial charge in [0.25, 0.3) is 5.91 Å². The summed E-state index contributed by atoms with van der Waals surface area (Å²) in [6.07, 6.45) is 5.77. The lowest BCUT2D eigenvalue weighted by Crippen LogP contribution is -2.64. The Hall–Kier alpha value is -4.90. The number of aliphatic hydroxyl groups is 1. The van der Waals surface area contributed by atoms with E-state index in [4.69, 9.17) is 5.73 Å². The average Bonchev–Trinajstić information content (AvgIpc) is 3.81. The number of ketones is 1. The summed E-state index contributed by atoms with van der Waals surface area (Å²) >= 11 is 0. The quantitative estimate of drug-likeness (QED) is 0.178. The summed E-state index contributed by atoms with van der Waals surface area (Å²) in [5.74, 6) is -4.53. The predicted octanol–water partition coefficient (Wildman–Crippen LogP) is 2.08. The van der Waals surface area contributed by atoms with E-state index in [9.17, 15) is 37.5 Å². The number of carbonyl (C=O) groups excluding carboxylic acids is 5. The molecule has 6 N–H and O–H groups in total. The molecule has 2 saturated heterocycles. The van der Waals surface area contributed by atoms with Crippen molar-refractivity contribution >= 4 is 55.8 Å². The number of sulfone groups is 1. The number of urea groups is 1. The zero-order valence-corrected chi connectivity index (χ0v) is 31.3. The topological polar surface area (TPSA) is 236 Å². The van der Waals surface area contributed by atoms with Gasteiger partial charge >= 0.3 is 6.03 Å². The Balaban J connectivity index is 1.31. The standard InChI is InChI=1S/C37H48N8O8S/c1-36(2,51)30-21-39-43-45(30)27-20-29(33(48)42-37(31(46)32(38)47)14-16-54(52,53)17-15-37)44(22-27)34(49)28(18-23-8-4-3-5-9-23)41-35(50)40-26-13-12-24-10-6-7-11-25(24)19-26/h6-7,10-13,19,21,23,27-29,51H,3-5,8-9,14-18,20,22H2,1-2H3,(H2,38,47)(H,42,48)(H2,40,41,50)/t27-,28+,29-/m0/s1. The zero-order chi connectivity index (χ0) is 38.8. The van der Waals surface area contributed by atoms with Gasteiger partial charge in [0, 0.05) is 18.7 Å². The number of anilines is 1. The molecule has 1 saturated carbocycles. The number of benzene rings is 2. The molecule has 3 atom stereocenters. The van der Waals surface area contributed by atoms with Crippen molar-refractivity contribution in [2.45, 2.75) is 101 Å². The van der Waals surface area contributed by atoms with E-state index in [-0.39, 0.29) is 31.7 Å². The molecule has 6 rings (SSSR count). The predicted molar refractivity (Wildman–Crippen MR) is 198 cm³/mol. The molecule has 3 fully saturated rings. The molecule has 2 aromatic carbocycles. The monoisotopic (exact) mass is 764 g/mol. The van der Waals surface area contributed by atoms with Gasteiger partial charge in [-0.1, -0.05) is 67.6 Å². The Morgan fingerprint density at radius 3 is 2.37 bits per heavy atom. The minimum absolute atomic E-state index is 0.0252. The largest absolute Gasteiger partial charge is 0.384 e. The minimum Gasteiger partial charge on any atom is -0.384 e. The van der Waals surface area contributed by atoms with Crippen LogP contribution in [0.5, 0.6) is 0 Å². The van der Waals surface area contributed by atoms with E-state index in [0.29, 0.717) is 17.8 Å². The number of hydrogen-bond acceptors (Lipinski definition) is 10. The van der Waals surface area contributed by atoms with Gasteiger partial charge in [0.15, 0.2) is 9.84 Å². The molecule has 0 bridgehead atoms. The Morgan fingerprint density at radius 1 is 1.02 bits per heavy atom. The number of amides is 5. The van der Waals surface area contributed by atoms with Crippen LogP contribution in [0.3, 0.4) is 0 Å². The van der Waals surface area contributed by atoms with E-state index in [1.807, 2.05) is 36.4 Å². The maximum absolute atomic E-state index is 14.8. The van der Waals surface area contributed by atoms with Crippen LogP contribution in [-0.2, 0) is 34.6 Å². The number of hydrogen-bond donors (Lipinski definition) is 5. The molecule has 0 unspecified atom stereocenters. The number of nitrogens with one attached hydrogen (secondary N) is 3. The maximum atomic E-state index is 14.8. The summed E-state index contributed by atoms with van der Waals surface area (Å²) in [4.78, 5) is 69.4. The Morgan fingerprint density at radius 2 is 1.70 bits per heavy atom. The normalized spacial score (nSPS) is 21.9. The summed E-state index contributed by atoms with van der Waals surface area (Å²) in [5, 5.41) is 29.3. The van der Waals surface area contributed by atoms with Crippen LogP contribution in [0.15, 0.2) is 48.7 Å². The third-order valence-electron chi connectivity index (χ3n) is 11.0. The van der Waals surface area contributed by atoms with Crippen LogP contribution in [0.1, 0.15) is 83.4 Å². The molecule has 1 aromatic heterocycles. The van der Waals surface area contributed by atoms with E-state index < -0.39 is 80.1 Å². The number of Topliss-reactive ketones (excluding diaryl/α,β-unsaturated/α-hetero) is 1. The molecule has 3 heterocycles. The van der Waals surface area contributed by atoms with Gasteiger partial charge in [-0.3, -0.25) is 19.2 Å². The summed E-state index contributed by atoms with van der Waals surface area (Å²) in [6.45, 7) is 3.04. The summed E-state index contributed by atoms with van der Waals surface area (Å²) < 4.78 is 26.1. The average molecular weight is 765 g/mol. The molecule has 2 aliphatic heterocycles. The van der Waals surface area contributed by atoms with Gasteiger partial charge in [-0.2, -0.15) is 0 Å². The van der Waals surface area contributed by atoms with E-state index in [1.165, 1.54) is 15.8 Å². The number of nitrogens with zero attached hydrogens (tertiary/aromatic N) is 4. The van der Waals surface area contributed by atoms with Crippen molar-refractivity contribution in [2.75, 3.05) is 23.4 Å². The molecule has 3 aliphatic rings. The lowest BCUT2D eigenvalue weighted by molar-refractivity contribution is -0.145. The fourth-order valence-electron chi connectivity index (χ4n) is 8.06. The fourth-order valence-corrected chi connectivity index (χ4v) is 9.58. The van der Waals surface area contributed by atoms with Crippen LogP contribution < -0.4 is 21.7 Å². The minimum atomic E-state index is -3.53. The molecule has 16 nitrogen and oxygen atoms in total. The molecule has 3 aromatic rings. The van der Waals surface area contributed by atoms with Crippen molar-refractivity contribution in [1.29, 1.82) is 0 Å². The molecule has 54 heavy (non-hydrogen) atoms. The lowest BCUT2D eigenvalue weighted by atomic mass is 9.84. The number of carbonyl (C=O) groups is 5. The van der Waals surface area contributed by atoms with E-state index in [0.717, 1.165) is 42.9 Å². The van der Waals surface area contributed by atoms with Crippen molar-refractivity contribution in [2.24, 2.45) is 11.7 Å². The number of rotatable bonds is 11. The first kappa shape index (κ1) is 38.8. The number of primary amides is 1. The highest BCUT2D eigenvalue weighted by Crippen LogP contribution is 2.35. The fraction of sp³-hybridized carbons (Fsp3) is 0.541. The second-order valence-electron chi connectivity index (χ2n) is 15.4. The van der Waals surface area contributed by atoms with Crippen LogP contribution >= 0.6 is 0 Å². The SMILES string of the molecule is CC(C)(O)c1cnnn1[C@H]1C[C@@H](C(=O)NC2(C(=O)C(N)=O)CCS(=O)(=O)CC2)N(C(=O)[C@@H](CC2CCCCC2)NC(=O)Nc2ccc3ccccc3c2)C1. The van der Waals surface area contributed by atoms with Crippen LogP contribution in [0.2, 0.25) is 0 Å². The van der Waals surface area contributed by atoms with Crippen molar-refractivity contribution in [3.8, 4) is 0 Å². The molecule has 290 valence electrons. The molecular formula is C37H48N8O8S. The molecule has 5 amide bonds. The second-order valence-corrected chi connectivity index (χ2v) is 17.7. The third kappa shape index (κ3) is 8.57. The molecule has 17 heteroatoms. The van der Waals surface area contributed by atoms with E-state index >= 15 is 0 Å². The highest BCUT2D eigenvalue weighted by molar-refractivity contribution is 7.91. The van der Waals surface area contributed by atoms with Crippen LogP contribution in [0, 0.1) is 5.92 Å². The number of fused-ring (bicyclic) bond motifs is 1. The Kier molecular flexibility index (Phi) is 11.1. The van der Waals surface area contributed by atoms with Gasteiger partial charge in [0.05, 0.1) is 29.4 Å². The highest BCUT2D eigenvalue weighted by Gasteiger charge is 2.50. The number of likely N-dealkylation sites (tertiary alicyclic amines) is 1. The summed E-state index contributed by atoms with van der Waals surface area (Å²) in [7, 11) is -3.53. The Bertz CT molecular complexity index is 2020. The highest BCUT2D eigenvalue weighted by atomic mass is 32.2. The second kappa shape index (κ2) is 15.5. The van der Waals surface area contributed by atoms with E-state index in [1.54, 1.807) is 19.9 Å². The van der Waals surface area contributed by atoms with Gasteiger partial charge < -0.3 is 31.7 Å². The first-order valence-corrected chi connectivity index (χ1v) is 20.2. The zero-order valence-electron chi connectivity index (χ0n) is 30.5. The van der Waals surface area contributed by atoms with Crippen LogP contribution in [0.25, 0.3) is 10.8 Å². The third-order valence-corrected chi connectivity index (χ3v) is 12.7. The number of aromatic nitrogens is 3. The molecule has 0 radical (unpaired) electrons. The van der Waals surface area contributed by atoms with Crippen molar-refractivity contribution in [3.63, 3.8) is 0 Å². The van der Waals surface area contributed by atoms with Gasteiger partial charge in [-0.05, 0) is 61.9 Å². The smallest absolute Gasteiger partial charge is 0.319 e. The first-order valence-electron chi connectivity index (χ1n) is 18.4. The van der Waals surface area contributed by atoms with Gasteiger partial charge in [0.2, 0.25) is 17.6 Å². The summed E-state index contributed by atoms with van der Waals surface area (Å²) in [5.41, 5.74) is 2.99.